The molecule has 36 heavy (non-hydrogen) atoms. The fourth-order valence-electron chi connectivity index (χ4n) is 3.09. The van der Waals surface area contributed by atoms with Crippen molar-refractivity contribution in [1.29, 1.82) is 0 Å². The smallest absolute Gasteiger partial charge is 0.485 e. The number of hydrogen-bond acceptors (Lipinski definition) is 5. The van der Waals surface area contributed by atoms with Crippen LogP contribution in [0.2, 0.25) is 0 Å². The van der Waals surface area contributed by atoms with Gasteiger partial charge in [0.2, 0.25) is 0 Å². The van der Waals surface area contributed by atoms with Crippen molar-refractivity contribution in [2.24, 2.45) is 0 Å². The Morgan fingerprint density at radius 2 is 1.06 bits per heavy atom. The van der Waals surface area contributed by atoms with Gasteiger partial charge in [-0.1, -0.05) is 30.3 Å². The van der Waals surface area contributed by atoms with E-state index < -0.39 is 15.6 Å². The molecule has 0 aliphatic heterocycles. The van der Waals surface area contributed by atoms with Gasteiger partial charge < -0.3 is 14.0 Å². The molecule has 6 nitrogen and oxygen atoms in total. The lowest BCUT2D eigenvalue weighted by Crippen LogP contribution is -2.21. The fourth-order valence-corrected chi connectivity index (χ4v) is 3.09. The summed E-state index contributed by atoms with van der Waals surface area (Å²) in [5.41, 5.74) is -1.42. The summed E-state index contributed by atoms with van der Waals surface area (Å²) in [6.45, 7) is 0. The first kappa shape index (κ1) is 26.7. The molecule has 4 aromatic rings. The first-order valence-corrected chi connectivity index (χ1v) is 11.8. The summed E-state index contributed by atoms with van der Waals surface area (Å²) in [5.74, 6) is 3.24. The van der Waals surface area contributed by atoms with Crippen molar-refractivity contribution in [3.8, 4) is 45.3 Å². The zero-order valence-corrected chi connectivity index (χ0v) is 20.0. The van der Waals surface area contributed by atoms with Gasteiger partial charge >= 0.3 is 17.0 Å². The molecular formula is C26H21F3O6S. The highest BCUT2D eigenvalue weighted by atomic mass is 32.2. The van der Waals surface area contributed by atoms with Crippen molar-refractivity contribution in [3.63, 3.8) is 0 Å². The molecule has 1 heterocycles. The van der Waals surface area contributed by atoms with E-state index in [4.69, 9.17) is 26.9 Å². The van der Waals surface area contributed by atoms with Crippen molar-refractivity contribution < 1.29 is 40.0 Å². The molecule has 4 rings (SSSR count). The third kappa shape index (κ3) is 6.83. The average molecular weight is 519 g/mol. The van der Waals surface area contributed by atoms with Gasteiger partial charge in [-0.25, -0.2) is 12.8 Å². The minimum atomic E-state index is -6.09. The molecule has 0 atom stereocenters. The van der Waals surface area contributed by atoms with Crippen LogP contribution in [0.25, 0.3) is 33.8 Å². The predicted octanol–water partition coefficient (Wildman–Crippen LogP) is 6.63. The lowest BCUT2D eigenvalue weighted by Gasteiger charge is -2.08. The zero-order valence-electron chi connectivity index (χ0n) is 19.2. The van der Waals surface area contributed by atoms with Crippen LogP contribution in [-0.2, 0) is 10.1 Å². The molecule has 10 heteroatoms. The van der Waals surface area contributed by atoms with Gasteiger partial charge in [0, 0.05) is 5.56 Å². The Balaban J connectivity index is 0.000000392. The molecule has 3 aromatic carbocycles. The van der Waals surface area contributed by atoms with E-state index in [-0.39, 0.29) is 0 Å². The van der Waals surface area contributed by atoms with Crippen molar-refractivity contribution in [3.05, 3.63) is 91.0 Å². The standard InChI is InChI=1S/C25H21O3.CHF3O3S/c1-26-22-12-8-19(9-13-22)24-16-21(18-6-4-3-5-7-18)17-25(28-24)20-10-14-23(27-2)15-11-20;2-1(3,4)8(5,6)7/h3-17H,1-2H3;(H,5,6,7)/q+1;/p-1. The zero-order chi connectivity index (χ0) is 26.3. The molecule has 1 aromatic heterocycles. The molecule has 0 amide bonds. The summed E-state index contributed by atoms with van der Waals surface area (Å²) in [5, 5.41) is 0. The molecular weight excluding hydrogens is 497 g/mol. The summed E-state index contributed by atoms with van der Waals surface area (Å²) >= 11 is 0. The molecule has 0 saturated carbocycles. The molecule has 0 radical (unpaired) electrons. The molecule has 0 N–H and O–H groups in total. The maximum Gasteiger partial charge on any atom is 0.485 e. The summed E-state index contributed by atoms with van der Waals surface area (Å²) in [6.07, 6.45) is 0. The van der Waals surface area contributed by atoms with Gasteiger partial charge in [-0.05, 0) is 54.1 Å². The van der Waals surface area contributed by atoms with Crippen LogP contribution < -0.4 is 9.47 Å². The fraction of sp³-hybridized carbons (Fsp3) is 0.115. The van der Waals surface area contributed by atoms with Gasteiger partial charge in [-0.2, -0.15) is 13.2 Å². The quantitative estimate of drug-likeness (QED) is 0.167. The monoisotopic (exact) mass is 518 g/mol. The molecule has 188 valence electrons. The maximum atomic E-state index is 10.7. The Hall–Kier alpha value is -3.89. The Labute approximate surface area is 206 Å². The number of methoxy groups -OCH3 is 2. The summed E-state index contributed by atoms with van der Waals surface area (Å²) in [4.78, 5) is 0. The number of halogens is 3. The molecule has 0 unspecified atom stereocenters. The summed E-state index contributed by atoms with van der Waals surface area (Å²) in [7, 11) is -2.76. The number of ether oxygens (including phenoxy) is 2. The number of rotatable bonds is 5. The second kappa shape index (κ2) is 11.2. The van der Waals surface area contributed by atoms with Crippen molar-refractivity contribution in [1.82, 2.24) is 0 Å². The molecule has 0 bridgehead atoms. The van der Waals surface area contributed by atoms with Gasteiger partial charge in [0.15, 0.2) is 10.1 Å². The second-order valence-corrected chi connectivity index (χ2v) is 8.67. The molecule has 0 spiro atoms. The number of hydrogen-bond donors (Lipinski definition) is 0. The van der Waals surface area contributed by atoms with Crippen LogP contribution >= 0.6 is 0 Å². The Morgan fingerprint density at radius 3 is 1.39 bits per heavy atom. The minimum Gasteiger partial charge on any atom is -0.741 e. The van der Waals surface area contributed by atoms with Crippen LogP contribution in [0.4, 0.5) is 13.2 Å². The van der Waals surface area contributed by atoms with Crippen LogP contribution in [0.15, 0.2) is 95.4 Å². The first-order valence-electron chi connectivity index (χ1n) is 10.4. The SMILES string of the molecule is COc1ccc(-c2cc(-c3ccccc3)cc(-c3ccc(OC)cc3)[o+]2)cc1.O=S(=O)([O-])C(F)(F)F. The first-order chi connectivity index (χ1) is 17.0. The molecule has 0 fully saturated rings. The van der Waals surface area contributed by atoms with Crippen molar-refractivity contribution in [2.75, 3.05) is 14.2 Å². The van der Waals surface area contributed by atoms with Crippen LogP contribution in [0.5, 0.6) is 11.5 Å². The predicted molar refractivity (Wildman–Crippen MR) is 128 cm³/mol. The van der Waals surface area contributed by atoms with Crippen LogP contribution in [-0.4, -0.2) is 32.7 Å². The van der Waals surface area contributed by atoms with E-state index in [9.17, 15) is 13.2 Å². The highest BCUT2D eigenvalue weighted by Gasteiger charge is 2.36. The van der Waals surface area contributed by atoms with Gasteiger partial charge in [0.05, 0.1) is 37.5 Å². The highest BCUT2D eigenvalue weighted by Crippen LogP contribution is 2.34. The van der Waals surface area contributed by atoms with Crippen molar-refractivity contribution >= 4 is 10.1 Å². The summed E-state index contributed by atoms with van der Waals surface area (Å²) in [6, 6.07) is 30.2. The molecule has 0 aliphatic carbocycles. The Kier molecular flexibility index (Phi) is 8.33. The summed E-state index contributed by atoms with van der Waals surface area (Å²) < 4.78 is 75.7. The van der Waals surface area contributed by atoms with Gasteiger partial charge in [-0.15, -0.1) is 0 Å². The topological polar surface area (TPSA) is 87.0 Å². The lowest BCUT2D eigenvalue weighted by molar-refractivity contribution is -0.0517. The largest absolute Gasteiger partial charge is 0.741 e. The highest BCUT2D eigenvalue weighted by molar-refractivity contribution is 7.86. The van der Waals surface area contributed by atoms with E-state index >= 15 is 0 Å². The molecule has 0 saturated heterocycles. The van der Waals surface area contributed by atoms with Crippen LogP contribution in [0, 0.1) is 0 Å². The maximum absolute atomic E-state index is 10.7. The minimum absolute atomic E-state index is 0.801. The van der Waals surface area contributed by atoms with Crippen molar-refractivity contribution in [2.45, 2.75) is 5.51 Å². The molecule has 0 aliphatic rings. The van der Waals surface area contributed by atoms with Crippen LogP contribution in [0.1, 0.15) is 0 Å². The second-order valence-electron chi connectivity index (χ2n) is 7.30. The van der Waals surface area contributed by atoms with E-state index in [0.717, 1.165) is 45.3 Å². The van der Waals surface area contributed by atoms with Crippen LogP contribution in [0.3, 0.4) is 0 Å². The number of alkyl halides is 3. The lowest BCUT2D eigenvalue weighted by atomic mass is 10.0. The normalized spacial score (nSPS) is 11.3. The van der Waals surface area contributed by atoms with E-state index in [0.29, 0.717) is 0 Å². The number of benzene rings is 3. The van der Waals surface area contributed by atoms with Gasteiger partial charge in [0.25, 0.3) is 0 Å². The van der Waals surface area contributed by atoms with E-state index in [2.05, 4.69) is 24.3 Å². The Morgan fingerprint density at radius 1 is 0.667 bits per heavy atom. The average Bonchev–Trinajstić information content (AvgIpc) is 2.88. The van der Waals surface area contributed by atoms with E-state index in [1.54, 1.807) is 14.2 Å². The van der Waals surface area contributed by atoms with E-state index in [1.807, 2.05) is 66.7 Å². The van der Waals surface area contributed by atoms with Gasteiger partial charge in [0.1, 0.15) is 11.5 Å². The van der Waals surface area contributed by atoms with Gasteiger partial charge in [-0.3, -0.25) is 0 Å². The Bertz CT molecular complexity index is 1320. The van der Waals surface area contributed by atoms with E-state index in [1.165, 1.54) is 0 Å². The third-order valence-electron chi connectivity index (χ3n) is 4.93. The third-order valence-corrected chi connectivity index (χ3v) is 5.50.